The molecule has 0 aliphatic carbocycles. The molecule has 3 aromatic rings. The fourth-order valence-electron chi connectivity index (χ4n) is 3.64. The summed E-state index contributed by atoms with van der Waals surface area (Å²) >= 11 is 0. The fourth-order valence-corrected chi connectivity index (χ4v) is 3.64. The minimum Gasteiger partial charge on any atom is -0.467 e. The summed E-state index contributed by atoms with van der Waals surface area (Å²) in [6.07, 6.45) is -1.50. The molecule has 0 unspecified atom stereocenters. The van der Waals surface area contributed by atoms with Crippen molar-refractivity contribution in [2.45, 2.75) is 38.2 Å². The van der Waals surface area contributed by atoms with E-state index in [4.69, 9.17) is 9.47 Å². The van der Waals surface area contributed by atoms with Crippen LogP contribution in [0, 0.1) is 0 Å². The molecule has 0 fully saturated rings. The summed E-state index contributed by atoms with van der Waals surface area (Å²) in [4.78, 5) is 50.4. The average Bonchev–Trinajstić information content (AvgIpc) is 2.96. The summed E-state index contributed by atoms with van der Waals surface area (Å²) in [6, 6.07) is 24.4. The molecule has 0 radical (unpaired) electrons. The average molecular weight is 533 g/mol. The predicted octanol–water partition coefficient (Wildman–Crippen LogP) is 3.20. The number of carbonyl (C=O) groups excluding carboxylic acids is 4. The van der Waals surface area contributed by atoms with Crippen molar-refractivity contribution in [2.24, 2.45) is 0 Å². The summed E-state index contributed by atoms with van der Waals surface area (Å²) in [6.45, 7) is 1.55. The predicted molar refractivity (Wildman–Crippen MR) is 144 cm³/mol. The molecule has 10 nitrogen and oxygen atoms in total. The molecule has 39 heavy (non-hydrogen) atoms. The van der Waals surface area contributed by atoms with Gasteiger partial charge < -0.3 is 30.7 Å². The lowest BCUT2D eigenvalue weighted by atomic mass is 10.1. The van der Waals surface area contributed by atoms with Crippen LogP contribution in [0.25, 0.3) is 0 Å². The van der Waals surface area contributed by atoms with Crippen molar-refractivity contribution in [3.05, 3.63) is 108 Å². The first kappa shape index (κ1) is 28.7. The third-order valence-corrected chi connectivity index (χ3v) is 5.71. The number of amides is 4. The number of hydrogen-bond acceptors (Lipinski definition) is 6. The number of nitrogens with one attached hydrogen (secondary N) is 4. The number of urea groups is 1. The SMILES string of the molecule is COC(=O)[C@H](Cc1ccccc1)NC(=O)N[C@@H](NC(=O)[C@H](C)NC(=O)OCc1ccccc1)c1ccccc1. The minimum atomic E-state index is -0.967. The van der Waals surface area contributed by atoms with Gasteiger partial charge in [0, 0.05) is 6.42 Å². The number of methoxy groups -OCH3 is 1. The van der Waals surface area contributed by atoms with Crippen molar-refractivity contribution in [2.75, 3.05) is 7.11 Å². The van der Waals surface area contributed by atoms with Gasteiger partial charge in [0.1, 0.15) is 24.9 Å². The van der Waals surface area contributed by atoms with Crippen LogP contribution >= 0.6 is 0 Å². The second kappa shape index (κ2) is 14.8. The summed E-state index contributed by atoms with van der Waals surface area (Å²) in [5.41, 5.74) is 2.22. The summed E-state index contributed by atoms with van der Waals surface area (Å²) in [5.74, 6) is -1.17. The first-order valence-electron chi connectivity index (χ1n) is 12.4. The van der Waals surface area contributed by atoms with Gasteiger partial charge in [-0.15, -0.1) is 0 Å². The van der Waals surface area contributed by atoms with Crippen molar-refractivity contribution in [1.29, 1.82) is 0 Å². The Hall–Kier alpha value is -4.86. The molecule has 4 N–H and O–H groups in total. The second-order valence-corrected chi connectivity index (χ2v) is 8.66. The highest BCUT2D eigenvalue weighted by Gasteiger charge is 2.26. The fraction of sp³-hybridized carbons (Fsp3) is 0.241. The first-order chi connectivity index (χ1) is 18.9. The molecule has 0 saturated carbocycles. The summed E-state index contributed by atoms with van der Waals surface area (Å²) < 4.78 is 10.0. The maximum atomic E-state index is 12.9. The van der Waals surface area contributed by atoms with Crippen LogP contribution in [0.1, 0.15) is 29.8 Å². The topological polar surface area (TPSA) is 135 Å². The lowest BCUT2D eigenvalue weighted by Gasteiger charge is -2.24. The molecule has 0 spiro atoms. The van der Waals surface area contributed by atoms with Gasteiger partial charge in [0.25, 0.3) is 0 Å². The molecule has 0 aromatic heterocycles. The monoisotopic (exact) mass is 532 g/mol. The molecular formula is C29H32N4O6. The zero-order chi connectivity index (χ0) is 28.0. The van der Waals surface area contributed by atoms with Crippen molar-refractivity contribution < 1.29 is 28.7 Å². The van der Waals surface area contributed by atoms with Crippen LogP contribution in [0.3, 0.4) is 0 Å². The van der Waals surface area contributed by atoms with Crippen molar-refractivity contribution in [1.82, 2.24) is 21.3 Å². The molecular weight excluding hydrogens is 500 g/mol. The highest BCUT2D eigenvalue weighted by molar-refractivity contribution is 5.87. The molecule has 204 valence electrons. The van der Waals surface area contributed by atoms with Gasteiger partial charge in [-0.3, -0.25) is 4.79 Å². The van der Waals surface area contributed by atoms with Crippen LogP contribution in [0.2, 0.25) is 0 Å². The van der Waals surface area contributed by atoms with E-state index < -0.39 is 42.3 Å². The van der Waals surface area contributed by atoms with Crippen LogP contribution in [-0.4, -0.2) is 43.2 Å². The molecule has 0 aliphatic rings. The van der Waals surface area contributed by atoms with Crippen LogP contribution < -0.4 is 21.3 Å². The quantitative estimate of drug-likeness (QED) is 0.221. The van der Waals surface area contributed by atoms with E-state index in [0.717, 1.165) is 11.1 Å². The Morgan fingerprint density at radius 2 is 1.28 bits per heavy atom. The molecule has 0 aliphatic heterocycles. The van der Waals surface area contributed by atoms with E-state index in [1.165, 1.54) is 14.0 Å². The van der Waals surface area contributed by atoms with Crippen LogP contribution in [0.4, 0.5) is 9.59 Å². The van der Waals surface area contributed by atoms with E-state index in [1.807, 2.05) is 60.7 Å². The normalized spacial score (nSPS) is 12.7. The minimum absolute atomic E-state index is 0.0553. The van der Waals surface area contributed by atoms with Crippen LogP contribution in [0.5, 0.6) is 0 Å². The van der Waals surface area contributed by atoms with Crippen LogP contribution in [0.15, 0.2) is 91.0 Å². The van der Waals surface area contributed by atoms with E-state index in [0.29, 0.717) is 5.56 Å². The lowest BCUT2D eigenvalue weighted by molar-refractivity contribution is -0.142. The smallest absolute Gasteiger partial charge is 0.408 e. The number of benzene rings is 3. The number of hydrogen-bond donors (Lipinski definition) is 4. The number of alkyl carbamates (subject to hydrolysis) is 1. The molecule has 0 saturated heterocycles. The Morgan fingerprint density at radius 1 is 0.718 bits per heavy atom. The van der Waals surface area contributed by atoms with Crippen molar-refractivity contribution in [3.63, 3.8) is 0 Å². The van der Waals surface area contributed by atoms with Crippen molar-refractivity contribution >= 4 is 24.0 Å². The molecule has 0 bridgehead atoms. The van der Waals surface area contributed by atoms with E-state index in [-0.39, 0.29) is 13.0 Å². The first-order valence-corrected chi connectivity index (χ1v) is 12.4. The maximum absolute atomic E-state index is 12.9. The van der Waals surface area contributed by atoms with E-state index in [9.17, 15) is 19.2 Å². The largest absolute Gasteiger partial charge is 0.467 e. The summed E-state index contributed by atoms with van der Waals surface area (Å²) in [5, 5.41) is 10.5. The maximum Gasteiger partial charge on any atom is 0.408 e. The second-order valence-electron chi connectivity index (χ2n) is 8.66. The third kappa shape index (κ3) is 9.51. The molecule has 3 rings (SSSR count). The van der Waals surface area contributed by atoms with Gasteiger partial charge in [0.2, 0.25) is 5.91 Å². The Balaban J connectivity index is 1.61. The number of esters is 1. The standard InChI is InChI=1S/C29H32N4O6/c1-20(30-29(37)39-19-22-14-8-4-9-15-22)26(34)32-25(23-16-10-5-11-17-23)33-28(36)31-24(27(35)38-2)18-21-12-6-3-7-13-21/h3-17,20,24-25H,18-19H2,1-2H3,(H,30,37)(H,32,34)(H2,31,33,36)/t20-,24-,25+/m0/s1. The van der Waals surface area contributed by atoms with E-state index >= 15 is 0 Å². The number of rotatable bonds is 11. The number of ether oxygens (including phenoxy) is 2. The zero-order valence-corrected chi connectivity index (χ0v) is 21.8. The Morgan fingerprint density at radius 3 is 1.87 bits per heavy atom. The molecule has 4 amide bonds. The van der Waals surface area contributed by atoms with Gasteiger partial charge >= 0.3 is 18.1 Å². The Labute approximate surface area is 227 Å². The molecule has 3 aromatic carbocycles. The lowest BCUT2D eigenvalue weighted by Crippen LogP contribution is -2.53. The van der Waals surface area contributed by atoms with Gasteiger partial charge in [-0.1, -0.05) is 91.0 Å². The molecule has 10 heteroatoms. The highest BCUT2D eigenvalue weighted by atomic mass is 16.5. The van der Waals surface area contributed by atoms with E-state index in [1.54, 1.807) is 30.3 Å². The van der Waals surface area contributed by atoms with Gasteiger partial charge in [-0.05, 0) is 23.6 Å². The zero-order valence-electron chi connectivity index (χ0n) is 21.8. The van der Waals surface area contributed by atoms with Crippen LogP contribution in [-0.2, 0) is 32.1 Å². The van der Waals surface area contributed by atoms with Gasteiger partial charge in [-0.2, -0.15) is 0 Å². The molecule has 3 atom stereocenters. The summed E-state index contributed by atoms with van der Waals surface area (Å²) in [7, 11) is 1.24. The molecule has 0 heterocycles. The van der Waals surface area contributed by atoms with Crippen molar-refractivity contribution in [3.8, 4) is 0 Å². The highest BCUT2D eigenvalue weighted by Crippen LogP contribution is 2.11. The van der Waals surface area contributed by atoms with Gasteiger partial charge in [-0.25, -0.2) is 14.4 Å². The Bertz CT molecular complexity index is 1220. The van der Waals surface area contributed by atoms with Gasteiger partial charge in [0.05, 0.1) is 7.11 Å². The third-order valence-electron chi connectivity index (χ3n) is 5.71. The van der Waals surface area contributed by atoms with E-state index in [2.05, 4.69) is 21.3 Å². The number of carbonyl (C=O) groups is 4. The van der Waals surface area contributed by atoms with Gasteiger partial charge in [0.15, 0.2) is 0 Å². The Kier molecular flexibility index (Phi) is 10.9.